The lowest BCUT2D eigenvalue weighted by Crippen LogP contribution is -2.54. The molecule has 1 aromatic heterocycles. The minimum atomic E-state index is 0.162. The van der Waals surface area contributed by atoms with Crippen molar-refractivity contribution in [3.8, 4) is 5.75 Å². The molecule has 0 radical (unpaired) electrons. The number of hydrogen-bond acceptors (Lipinski definition) is 2. The largest absolute Gasteiger partial charge is 0.497 e. The molecule has 2 atom stereocenters. The van der Waals surface area contributed by atoms with Crippen molar-refractivity contribution in [2.45, 2.75) is 37.5 Å². The fraction of sp³-hybridized carbons (Fsp3) is 0.462. The third-order valence-electron chi connectivity index (χ3n) is 7.90. The van der Waals surface area contributed by atoms with Gasteiger partial charge in [-0.15, -0.1) is 0 Å². The number of hydrogen-bond donors (Lipinski definition) is 1. The van der Waals surface area contributed by atoms with Crippen molar-refractivity contribution in [2.75, 3.05) is 26.7 Å². The summed E-state index contributed by atoms with van der Waals surface area (Å²) in [5.41, 5.74) is 5.62. The molecule has 0 bridgehead atoms. The number of fused-ring (bicyclic) bond motifs is 4. The van der Waals surface area contributed by atoms with Gasteiger partial charge in [0.15, 0.2) is 0 Å². The Hall–Kier alpha value is -1.97. The Morgan fingerprint density at radius 2 is 2.07 bits per heavy atom. The van der Waals surface area contributed by atoms with Crippen LogP contribution in [0, 0.1) is 11.8 Å². The first-order valence-corrected chi connectivity index (χ1v) is 11.7. The number of nitrogens with zero attached hydrogens (tertiary/aromatic N) is 1. The van der Waals surface area contributed by atoms with Gasteiger partial charge in [-0.2, -0.15) is 0 Å². The summed E-state index contributed by atoms with van der Waals surface area (Å²) in [6.45, 7) is 3.66. The molecular formula is C26H29ClN2O. The van der Waals surface area contributed by atoms with E-state index in [1.165, 1.54) is 66.6 Å². The Bertz CT molecular complexity index is 1100. The quantitative estimate of drug-likeness (QED) is 0.595. The first-order valence-electron chi connectivity index (χ1n) is 11.3. The fourth-order valence-electron chi connectivity index (χ4n) is 6.14. The van der Waals surface area contributed by atoms with E-state index in [0.717, 1.165) is 29.5 Å². The topological polar surface area (TPSA) is 28.3 Å². The monoisotopic (exact) mass is 420 g/mol. The highest BCUT2D eigenvalue weighted by Crippen LogP contribution is 2.50. The second-order valence-electron chi connectivity index (χ2n) is 9.66. The lowest BCUT2D eigenvalue weighted by Gasteiger charge is -2.51. The molecule has 156 valence electrons. The van der Waals surface area contributed by atoms with E-state index in [2.05, 4.69) is 46.3 Å². The van der Waals surface area contributed by atoms with E-state index in [1.54, 1.807) is 7.11 Å². The summed E-state index contributed by atoms with van der Waals surface area (Å²) in [4.78, 5) is 6.48. The molecule has 3 nitrogen and oxygen atoms in total. The average molecular weight is 421 g/mol. The van der Waals surface area contributed by atoms with E-state index in [0.29, 0.717) is 5.92 Å². The number of methoxy groups -OCH3 is 1. The smallest absolute Gasteiger partial charge is 0.119 e. The number of aromatic amines is 1. The zero-order chi connectivity index (χ0) is 20.3. The highest BCUT2D eigenvalue weighted by Gasteiger charge is 2.48. The van der Waals surface area contributed by atoms with Crippen LogP contribution in [0.1, 0.15) is 36.1 Å². The number of likely N-dealkylation sites (tertiary alicyclic amines) is 1. The number of halogens is 1. The lowest BCUT2D eigenvalue weighted by atomic mass is 9.58. The molecule has 1 N–H and O–H groups in total. The summed E-state index contributed by atoms with van der Waals surface area (Å²) >= 11 is 6.66. The number of ether oxygens (including phenoxy) is 1. The number of nitrogens with one attached hydrogen (secondary N) is 1. The summed E-state index contributed by atoms with van der Waals surface area (Å²) < 4.78 is 5.60. The van der Waals surface area contributed by atoms with Crippen molar-refractivity contribution in [1.29, 1.82) is 0 Å². The molecule has 4 heteroatoms. The van der Waals surface area contributed by atoms with Gasteiger partial charge in [-0.25, -0.2) is 0 Å². The van der Waals surface area contributed by atoms with Gasteiger partial charge in [-0.3, -0.25) is 0 Å². The van der Waals surface area contributed by atoms with Gasteiger partial charge in [-0.05, 0) is 85.9 Å². The van der Waals surface area contributed by atoms with E-state index < -0.39 is 0 Å². The van der Waals surface area contributed by atoms with E-state index in [4.69, 9.17) is 16.3 Å². The second kappa shape index (κ2) is 7.03. The van der Waals surface area contributed by atoms with Crippen LogP contribution in [-0.4, -0.2) is 36.6 Å². The molecule has 0 spiro atoms. The number of H-pyrrole nitrogens is 1. The Balaban J connectivity index is 1.45. The van der Waals surface area contributed by atoms with Crippen molar-refractivity contribution in [3.63, 3.8) is 0 Å². The highest BCUT2D eigenvalue weighted by atomic mass is 35.5. The minimum Gasteiger partial charge on any atom is -0.497 e. The van der Waals surface area contributed by atoms with Gasteiger partial charge in [0.25, 0.3) is 0 Å². The summed E-state index contributed by atoms with van der Waals surface area (Å²) in [6.07, 6.45) is 6.20. The Morgan fingerprint density at radius 3 is 2.90 bits per heavy atom. The molecule has 30 heavy (non-hydrogen) atoms. The number of piperidine rings is 1. The first kappa shape index (κ1) is 18.8. The molecule has 2 aliphatic carbocycles. The summed E-state index contributed by atoms with van der Waals surface area (Å²) in [5.74, 6) is 2.50. The van der Waals surface area contributed by atoms with Crippen molar-refractivity contribution in [1.82, 2.24) is 9.88 Å². The van der Waals surface area contributed by atoms with Gasteiger partial charge in [0.05, 0.1) is 12.1 Å². The molecule has 2 heterocycles. The zero-order valence-corrected chi connectivity index (χ0v) is 18.3. The van der Waals surface area contributed by atoms with Crippen molar-refractivity contribution in [3.05, 3.63) is 64.3 Å². The molecular weight excluding hydrogens is 392 g/mol. The predicted octanol–water partition coefficient (Wildman–Crippen LogP) is 5.60. The summed E-state index contributed by atoms with van der Waals surface area (Å²) in [6, 6.07) is 15.1. The minimum absolute atomic E-state index is 0.162. The summed E-state index contributed by atoms with van der Waals surface area (Å²) in [5, 5.41) is 2.12. The third-order valence-corrected chi connectivity index (χ3v) is 8.22. The molecule has 1 saturated heterocycles. The molecule has 3 aliphatic rings. The van der Waals surface area contributed by atoms with E-state index in [9.17, 15) is 0 Å². The maximum atomic E-state index is 6.66. The summed E-state index contributed by atoms with van der Waals surface area (Å²) in [7, 11) is 1.77. The Kier molecular flexibility index (Phi) is 4.40. The van der Waals surface area contributed by atoms with Crippen LogP contribution < -0.4 is 4.74 Å². The zero-order valence-electron chi connectivity index (χ0n) is 17.6. The average Bonchev–Trinajstić information content (AvgIpc) is 3.50. The highest BCUT2D eigenvalue weighted by molar-refractivity contribution is 6.35. The van der Waals surface area contributed by atoms with Crippen LogP contribution in [0.15, 0.2) is 42.5 Å². The molecule has 2 unspecified atom stereocenters. The van der Waals surface area contributed by atoms with E-state index >= 15 is 0 Å². The fourth-order valence-corrected chi connectivity index (χ4v) is 6.43. The van der Waals surface area contributed by atoms with Gasteiger partial charge in [0.2, 0.25) is 0 Å². The van der Waals surface area contributed by atoms with Crippen LogP contribution in [0.4, 0.5) is 0 Å². The molecule has 2 fully saturated rings. The van der Waals surface area contributed by atoms with Gasteiger partial charge in [0, 0.05) is 35.1 Å². The second-order valence-corrected chi connectivity index (χ2v) is 10.1. The lowest BCUT2D eigenvalue weighted by molar-refractivity contribution is 0.0783. The Labute approximate surface area is 183 Å². The standard InChI is InChI=1S/C26H29ClN2O/c1-30-20-5-2-4-18(12-20)26-10-11-29(15-17-8-9-17)16-19(26)13-21-24(14-26)28-23-7-3-6-22(27)25(21)23/h2-7,12,17,19,28H,8-11,13-16H2,1H3. The molecule has 2 aromatic carbocycles. The van der Waals surface area contributed by atoms with Crippen molar-refractivity contribution in [2.24, 2.45) is 11.8 Å². The van der Waals surface area contributed by atoms with E-state index in [-0.39, 0.29) is 5.41 Å². The maximum absolute atomic E-state index is 6.66. The molecule has 0 amide bonds. The van der Waals surface area contributed by atoms with Gasteiger partial charge < -0.3 is 14.6 Å². The van der Waals surface area contributed by atoms with Gasteiger partial charge in [-0.1, -0.05) is 29.8 Å². The normalized spacial score (nSPS) is 26.4. The van der Waals surface area contributed by atoms with Crippen molar-refractivity contribution < 1.29 is 4.74 Å². The number of rotatable bonds is 4. The van der Waals surface area contributed by atoms with Crippen LogP contribution in [0.2, 0.25) is 5.02 Å². The van der Waals surface area contributed by atoms with Crippen LogP contribution in [0.5, 0.6) is 5.75 Å². The molecule has 1 saturated carbocycles. The van der Waals surface area contributed by atoms with Crippen LogP contribution in [-0.2, 0) is 18.3 Å². The van der Waals surface area contributed by atoms with Crippen molar-refractivity contribution >= 4 is 22.5 Å². The van der Waals surface area contributed by atoms with E-state index in [1.807, 2.05) is 6.07 Å². The first-order chi connectivity index (χ1) is 14.7. The van der Waals surface area contributed by atoms with Gasteiger partial charge in [0.1, 0.15) is 5.75 Å². The van der Waals surface area contributed by atoms with Crippen LogP contribution in [0.3, 0.4) is 0 Å². The molecule has 6 rings (SSSR count). The van der Waals surface area contributed by atoms with Gasteiger partial charge >= 0.3 is 0 Å². The molecule has 3 aromatic rings. The number of benzene rings is 2. The van der Waals surface area contributed by atoms with Crippen LogP contribution >= 0.6 is 11.6 Å². The van der Waals surface area contributed by atoms with Crippen LogP contribution in [0.25, 0.3) is 10.9 Å². The maximum Gasteiger partial charge on any atom is 0.119 e. The SMILES string of the molecule is COc1cccc(C23CCN(CC4CC4)CC2Cc2c([nH]c4cccc(Cl)c24)C3)c1. The molecule has 1 aliphatic heterocycles. The predicted molar refractivity (Wildman–Crippen MR) is 123 cm³/mol. The third kappa shape index (κ3) is 2.98. The Morgan fingerprint density at radius 1 is 1.20 bits per heavy atom. The number of aromatic nitrogens is 1.